The molecule has 0 aromatic carbocycles. The molecule has 2 rings (SSSR count). The molecule has 3 nitrogen and oxygen atoms in total. The quantitative estimate of drug-likeness (QED) is 0.811. The second-order valence-corrected chi connectivity index (χ2v) is 4.79. The van der Waals surface area contributed by atoms with E-state index in [1.165, 1.54) is 12.8 Å². The number of hydrogen-bond donors (Lipinski definition) is 1. The number of carbonyl (C=O) groups is 1. The molecule has 0 spiro atoms. The van der Waals surface area contributed by atoms with E-state index in [0.29, 0.717) is 18.2 Å². The van der Waals surface area contributed by atoms with Crippen LogP contribution in [0.3, 0.4) is 0 Å². The van der Waals surface area contributed by atoms with E-state index in [1.807, 2.05) is 12.1 Å². The number of nitrogens with one attached hydrogen (secondary N) is 1. The lowest BCUT2D eigenvalue weighted by atomic mass is 9.88. The number of rotatable bonds is 4. The van der Waals surface area contributed by atoms with Gasteiger partial charge in [0.05, 0.1) is 0 Å². The normalized spacial score (nSPS) is 24.5. The van der Waals surface area contributed by atoms with Crippen LogP contribution in [0.25, 0.3) is 0 Å². The molecule has 1 N–H and O–H groups in total. The lowest BCUT2D eigenvalue weighted by Crippen LogP contribution is -2.39. The van der Waals surface area contributed by atoms with Gasteiger partial charge in [-0.15, -0.1) is 0 Å². The van der Waals surface area contributed by atoms with Crippen molar-refractivity contribution < 1.29 is 4.79 Å². The first kappa shape index (κ1) is 12.2. The first-order valence-corrected chi connectivity index (χ1v) is 6.47. The van der Waals surface area contributed by atoms with Crippen LogP contribution >= 0.6 is 0 Å². The molecule has 1 aliphatic rings. The van der Waals surface area contributed by atoms with Gasteiger partial charge in [0.25, 0.3) is 0 Å². The molecular weight excluding hydrogens is 212 g/mol. The van der Waals surface area contributed by atoms with Crippen molar-refractivity contribution in [2.75, 3.05) is 6.54 Å². The minimum absolute atomic E-state index is 0.153. The van der Waals surface area contributed by atoms with Gasteiger partial charge in [-0.25, -0.2) is 0 Å². The van der Waals surface area contributed by atoms with Gasteiger partial charge in [0.1, 0.15) is 5.69 Å². The van der Waals surface area contributed by atoms with E-state index in [-0.39, 0.29) is 5.78 Å². The van der Waals surface area contributed by atoms with Crippen molar-refractivity contribution in [2.24, 2.45) is 5.92 Å². The van der Waals surface area contributed by atoms with Gasteiger partial charge >= 0.3 is 0 Å². The summed E-state index contributed by atoms with van der Waals surface area (Å²) in [5.74, 6) is 0.928. The van der Waals surface area contributed by atoms with Crippen LogP contribution in [0.5, 0.6) is 0 Å². The molecule has 92 valence electrons. The number of Topliss-reactive ketones (excluding diaryl/α,β-unsaturated/α-hetero) is 1. The molecule has 0 bridgehead atoms. The van der Waals surface area contributed by atoms with Crippen LogP contribution in [-0.4, -0.2) is 23.4 Å². The van der Waals surface area contributed by atoms with E-state index in [1.54, 1.807) is 12.3 Å². The molecule has 1 aromatic rings. The second-order valence-electron chi connectivity index (χ2n) is 4.79. The van der Waals surface area contributed by atoms with Crippen molar-refractivity contribution in [3.63, 3.8) is 0 Å². The van der Waals surface area contributed by atoms with Crippen LogP contribution < -0.4 is 5.32 Å². The van der Waals surface area contributed by atoms with E-state index in [4.69, 9.17) is 0 Å². The number of piperidine rings is 1. The number of hydrogen-bond acceptors (Lipinski definition) is 3. The molecule has 0 amide bonds. The molecule has 2 atom stereocenters. The van der Waals surface area contributed by atoms with Gasteiger partial charge in [0, 0.05) is 18.7 Å². The molecule has 2 unspecified atom stereocenters. The minimum atomic E-state index is 0.153. The Kier molecular flexibility index (Phi) is 4.26. The Hall–Kier alpha value is -1.22. The maximum atomic E-state index is 12.0. The number of ketones is 1. The molecular formula is C14H20N2O. The van der Waals surface area contributed by atoms with Gasteiger partial charge < -0.3 is 5.32 Å². The summed E-state index contributed by atoms with van der Waals surface area (Å²) in [4.78, 5) is 16.1. The Morgan fingerprint density at radius 2 is 2.41 bits per heavy atom. The van der Waals surface area contributed by atoms with Gasteiger partial charge in [-0.1, -0.05) is 19.4 Å². The number of pyridine rings is 1. The highest BCUT2D eigenvalue weighted by Gasteiger charge is 2.22. The highest BCUT2D eigenvalue weighted by atomic mass is 16.1. The smallest absolute Gasteiger partial charge is 0.182 e. The van der Waals surface area contributed by atoms with Crippen LogP contribution in [0.4, 0.5) is 0 Å². The number of nitrogens with zero attached hydrogens (tertiary/aromatic N) is 1. The van der Waals surface area contributed by atoms with E-state index < -0.39 is 0 Å². The Morgan fingerprint density at radius 3 is 3.12 bits per heavy atom. The van der Waals surface area contributed by atoms with Crippen LogP contribution in [0.1, 0.15) is 43.1 Å². The third-order valence-electron chi connectivity index (χ3n) is 3.56. The monoisotopic (exact) mass is 232 g/mol. The molecule has 0 saturated carbocycles. The Labute approximate surface area is 103 Å². The summed E-state index contributed by atoms with van der Waals surface area (Å²) in [7, 11) is 0. The molecule has 0 aliphatic carbocycles. The van der Waals surface area contributed by atoms with Gasteiger partial charge in [-0.05, 0) is 37.4 Å². The fourth-order valence-electron chi connectivity index (χ4n) is 2.48. The van der Waals surface area contributed by atoms with E-state index >= 15 is 0 Å². The molecule has 1 saturated heterocycles. The summed E-state index contributed by atoms with van der Waals surface area (Å²) in [6, 6.07) is 5.83. The molecule has 1 fully saturated rings. The van der Waals surface area contributed by atoms with Crippen LogP contribution in [-0.2, 0) is 0 Å². The Balaban J connectivity index is 1.90. The predicted molar refractivity (Wildman–Crippen MR) is 68.0 cm³/mol. The lowest BCUT2D eigenvalue weighted by molar-refractivity contribution is 0.0952. The molecule has 1 aromatic heterocycles. The maximum Gasteiger partial charge on any atom is 0.182 e. The standard InChI is InChI=1S/C14H20N2O/c1-2-11-6-8-15-12(9-11)10-14(17)13-5-3-4-7-16-13/h3-5,7,11-12,15H,2,6,8-10H2,1H3. The highest BCUT2D eigenvalue weighted by molar-refractivity contribution is 5.94. The summed E-state index contributed by atoms with van der Waals surface area (Å²) >= 11 is 0. The second kappa shape index (κ2) is 5.92. The van der Waals surface area contributed by atoms with Crippen LogP contribution in [0.15, 0.2) is 24.4 Å². The van der Waals surface area contributed by atoms with Gasteiger partial charge in [-0.2, -0.15) is 0 Å². The van der Waals surface area contributed by atoms with E-state index in [0.717, 1.165) is 18.9 Å². The first-order chi connectivity index (χ1) is 8.29. The zero-order chi connectivity index (χ0) is 12.1. The fraction of sp³-hybridized carbons (Fsp3) is 0.571. The predicted octanol–water partition coefficient (Wildman–Crippen LogP) is 2.43. The SMILES string of the molecule is CCC1CCNC(CC(=O)c2ccccn2)C1. The van der Waals surface area contributed by atoms with Crippen LogP contribution in [0.2, 0.25) is 0 Å². The molecule has 1 aliphatic heterocycles. The average molecular weight is 232 g/mol. The summed E-state index contributed by atoms with van der Waals surface area (Å²) < 4.78 is 0. The van der Waals surface area contributed by atoms with Crippen LogP contribution in [0, 0.1) is 5.92 Å². The van der Waals surface area contributed by atoms with E-state index in [9.17, 15) is 4.79 Å². The zero-order valence-corrected chi connectivity index (χ0v) is 10.4. The molecule has 2 heterocycles. The largest absolute Gasteiger partial charge is 0.314 e. The van der Waals surface area contributed by atoms with Crippen molar-refractivity contribution in [1.29, 1.82) is 0 Å². The first-order valence-electron chi connectivity index (χ1n) is 6.47. The van der Waals surface area contributed by atoms with Gasteiger partial charge in [-0.3, -0.25) is 9.78 Å². The van der Waals surface area contributed by atoms with Gasteiger partial charge in [0.2, 0.25) is 0 Å². The van der Waals surface area contributed by atoms with Crippen molar-refractivity contribution in [3.05, 3.63) is 30.1 Å². The average Bonchev–Trinajstić information content (AvgIpc) is 2.40. The van der Waals surface area contributed by atoms with E-state index in [2.05, 4.69) is 17.2 Å². The molecule has 0 radical (unpaired) electrons. The third-order valence-corrected chi connectivity index (χ3v) is 3.56. The van der Waals surface area contributed by atoms with Crippen molar-refractivity contribution in [1.82, 2.24) is 10.3 Å². The highest BCUT2D eigenvalue weighted by Crippen LogP contribution is 2.21. The molecule has 3 heteroatoms. The number of aromatic nitrogens is 1. The summed E-state index contributed by atoms with van der Waals surface area (Å²) in [5, 5.41) is 3.44. The minimum Gasteiger partial charge on any atom is -0.314 e. The Morgan fingerprint density at radius 1 is 1.53 bits per heavy atom. The number of carbonyl (C=O) groups excluding carboxylic acids is 1. The fourth-order valence-corrected chi connectivity index (χ4v) is 2.48. The maximum absolute atomic E-state index is 12.0. The summed E-state index contributed by atoms with van der Waals surface area (Å²) in [5.41, 5.74) is 0.591. The lowest BCUT2D eigenvalue weighted by Gasteiger charge is -2.29. The zero-order valence-electron chi connectivity index (χ0n) is 10.4. The van der Waals surface area contributed by atoms with Gasteiger partial charge in [0.15, 0.2) is 5.78 Å². The Bertz CT molecular complexity index is 364. The van der Waals surface area contributed by atoms with Crippen molar-refractivity contribution >= 4 is 5.78 Å². The summed E-state index contributed by atoms with van der Waals surface area (Å²) in [6.45, 7) is 3.27. The molecule has 17 heavy (non-hydrogen) atoms. The van der Waals surface area contributed by atoms with Crippen molar-refractivity contribution in [3.8, 4) is 0 Å². The third kappa shape index (κ3) is 3.37. The van der Waals surface area contributed by atoms with Crippen molar-refractivity contribution in [2.45, 2.75) is 38.6 Å². The topological polar surface area (TPSA) is 42.0 Å². The summed E-state index contributed by atoms with van der Waals surface area (Å²) in [6.07, 6.45) is 5.83.